The van der Waals surface area contributed by atoms with Crippen molar-refractivity contribution >= 4 is 23.2 Å². The van der Waals surface area contributed by atoms with E-state index in [-0.39, 0.29) is 21.2 Å². The Balaban J connectivity index is 2.68. The Morgan fingerprint density at radius 2 is 1.68 bits per heavy atom. The topological polar surface area (TPSA) is 32.9 Å². The summed E-state index contributed by atoms with van der Waals surface area (Å²) in [6.07, 6.45) is -3.15. The molecule has 0 aliphatic carbocycles. The van der Waals surface area contributed by atoms with E-state index in [9.17, 15) is 18.0 Å². The first-order valence-electron chi connectivity index (χ1n) is 5.05. The van der Waals surface area contributed by atoms with Crippen molar-refractivity contribution in [3.8, 4) is 11.1 Å². The number of aromatic amines is 1. The molecule has 1 aromatic carbocycles. The summed E-state index contributed by atoms with van der Waals surface area (Å²) in [5.74, 6) is 0. The van der Waals surface area contributed by atoms with Gasteiger partial charge in [-0.2, -0.15) is 13.2 Å². The van der Waals surface area contributed by atoms with Crippen molar-refractivity contribution in [1.82, 2.24) is 4.98 Å². The minimum atomic E-state index is -4.55. The van der Waals surface area contributed by atoms with Gasteiger partial charge in [-0.05, 0) is 24.3 Å². The van der Waals surface area contributed by atoms with Gasteiger partial charge in [0.2, 0.25) is 0 Å². The highest BCUT2D eigenvalue weighted by Crippen LogP contribution is 2.39. The van der Waals surface area contributed by atoms with Gasteiger partial charge in [0.05, 0.1) is 15.6 Å². The molecule has 0 amide bonds. The number of rotatable bonds is 1. The molecule has 0 saturated carbocycles. The van der Waals surface area contributed by atoms with E-state index in [0.717, 1.165) is 12.1 Å². The lowest BCUT2D eigenvalue weighted by Gasteiger charge is -2.11. The molecule has 0 aliphatic heterocycles. The molecule has 0 atom stereocenters. The van der Waals surface area contributed by atoms with Crippen LogP contribution < -0.4 is 5.56 Å². The van der Waals surface area contributed by atoms with Crippen LogP contribution in [0.1, 0.15) is 5.56 Å². The van der Waals surface area contributed by atoms with Gasteiger partial charge in [-0.15, -0.1) is 0 Å². The first-order chi connectivity index (χ1) is 8.80. The first kappa shape index (κ1) is 14.0. The SMILES string of the molecule is O=c1[nH]cccc1-c1c(Cl)cc(C(F)(F)F)cc1Cl. The Hall–Kier alpha value is -1.46. The fourth-order valence-electron chi connectivity index (χ4n) is 1.61. The van der Waals surface area contributed by atoms with Crippen LogP contribution in [0.4, 0.5) is 13.2 Å². The lowest BCUT2D eigenvalue weighted by Crippen LogP contribution is -2.09. The van der Waals surface area contributed by atoms with Gasteiger partial charge in [0, 0.05) is 17.3 Å². The van der Waals surface area contributed by atoms with E-state index in [2.05, 4.69) is 4.98 Å². The minimum Gasteiger partial charge on any atom is -0.329 e. The Bertz CT molecular complexity index is 656. The molecule has 1 aromatic heterocycles. The summed E-state index contributed by atoms with van der Waals surface area (Å²) in [7, 11) is 0. The van der Waals surface area contributed by atoms with Gasteiger partial charge in [-0.25, -0.2) is 0 Å². The largest absolute Gasteiger partial charge is 0.416 e. The molecule has 2 aromatic rings. The van der Waals surface area contributed by atoms with Gasteiger partial charge in [-0.1, -0.05) is 23.2 Å². The summed E-state index contributed by atoms with van der Waals surface area (Å²) in [5, 5.41) is -0.451. The van der Waals surface area contributed by atoms with Crippen LogP contribution in [0.25, 0.3) is 11.1 Å². The van der Waals surface area contributed by atoms with Crippen LogP contribution in [0.5, 0.6) is 0 Å². The molecule has 0 spiro atoms. The molecule has 1 heterocycles. The van der Waals surface area contributed by atoms with Crippen molar-refractivity contribution < 1.29 is 13.2 Å². The molecule has 0 fully saturated rings. The van der Waals surface area contributed by atoms with E-state index in [1.807, 2.05) is 0 Å². The average Bonchev–Trinajstić information content (AvgIpc) is 2.29. The second-order valence-electron chi connectivity index (χ2n) is 3.73. The van der Waals surface area contributed by atoms with Crippen LogP contribution in [-0.4, -0.2) is 4.98 Å². The first-order valence-corrected chi connectivity index (χ1v) is 5.80. The van der Waals surface area contributed by atoms with E-state index >= 15 is 0 Å². The van der Waals surface area contributed by atoms with Crippen molar-refractivity contribution in [3.05, 3.63) is 56.4 Å². The normalized spacial score (nSPS) is 11.6. The zero-order valence-corrected chi connectivity index (χ0v) is 10.7. The van der Waals surface area contributed by atoms with E-state index in [1.165, 1.54) is 18.3 Å². The maximum Gasteiger partial charge on any atom is 0.416 e. The van der Waals surface area contributed by atoms with Crippen molar-refractivity contribution in [2.45, 2.75) is 6.18 Å². The number of benzene rings is 1. The summed E-state index contributed by atoms with van der Waals surface area (Å²) < 4.78 is 37.7. The molecule has 19 heavy (non-hydrogen) atoms. The van der Waals surface area contributed by atoms with E-state index < -0.39 is 17.3 Å². The number of alkyl halides is 3. The highest BCUT2D eigenvalue weighted by Gasteiger charge is 2.32. The Morgan fingerprint density at radius 1 is 1.11 bits per heavy atom. The third-order valence-corrected chi connectivity index (χ3v) is 3.05. The molecule has 0 unspecified atom stereocenters. The zero-order valence-electron chi connectivity index (χ0n) is 9.18. The van der Waals surface area contributed by atoms with Gasteiger partial charge in [0.25, 0.3) is 5.56 Å². The Kier molecular flexibility index (Phi) is 3.60. The fourth-order valence-corrected chi connectivity index (χ4v) is 2.30. The van der Waals surface area contributed by atoms with Gasteiger partial charge in [0.1, 0.15) is 0 Å². The monoisotopic (exact) mass is 307 g/mol. The molecule has 100 valence electrons. The quantitative estimate of drug-likeness (QED) is 0.834. The number of hydrogen-bond donors (Lipinski definition) is 1. The van der Waals surface area contributed by atoms with Gasteiger partial charge in [-0.3, -0.25) is 4.79 Å². The molecule has 0 aliphatic rings. The smallest absolute Gasteiger partial charge is 0.329 e. The molecule has 0 radical (unpaired) electrons. The number of nitrogens with one attached hydrogen (secondary N) is 1. The van der Waals surface area contributed by atoms with Crippen molar-refractivity contribution in [2.75, 3.05) is 0 Å². The van der Waals surface area contributed by atoms with E-state index in [4.69, 9.17) is 23.2 Å². The van der Waals surface area contributed by atoms with Crippen molar-refractivity contribution in [1.29, 1.82) is 0 Å². The van der Waals surface area contributed by atoms with Crippen LogP contribution in [0, 0.1) is 0 Å². The molecular formula is C12H6Cl2F3NO. The standard InChI is InChI=1S/C12H6Cl2F3NO/c13-8-4-6(12(15,16)17)5-9(14)10(8)7-2-1-3-18-11(7)19/h1-5H,(H,18,19). The molecule has 7 heteroatoms. The van der Waals surface area contributed by atoms with Crippen LogP contribution in [0.2, 0.25) is 10.0 Å². The van der Waals surface area contributed by atoms with Crippen LogP contribution in [-0.2, 0) is 6.18 Å². The van der Waals surface area contributed by atoms with E-state index in [0.29, 0.717) is 0 Å². The summed E-state index contributed by atoms with van der Waals surface area (Å²) >= 11 is 11.6. The maximum atomic E-state index is 12.6. The summed E-state index contributed by atoms with van der Waals surface area (Å²) in [4.78, 5) is 14.0. The van der Waals surface area contributed by atoms with Crippen LogP contribution in [0.15, 0.2) is 35.3 Å². The molecule has 0 bridgehead atoms. The molecular weight excluding hydrogens is 302 g/mol. The van der Waals surface area contributed by atoms with Gasteiger partial charge >= 0.3 is 6.18 Å². The molecule has 2 rings (SSSR count). The second kappa shape index (κ2) is 4.90. The number of H-pyrrole nitrogens is 1. The van der Waals surface area contributed by atoms with Gasteiger partial charge < -0.3 is 4.98 Å². The zero-order chi connectivity index (χ0) is 14.2. The summed E-state index contributed by atoms with van der Waals surface area (Å²) in [6.45, 7) is 0. The third-order valence-electron chi connectivity index (χ3n) is 2.46. The highest BCUT2D eigenvalue weighted by atomic mass is 35.5. The average molecular weight is 308 g/mol. The third kappa shape index (κ3) is 2.77. The number of hydrogen-bond acceptors (Lipinski definition) is 1. The Morgan fingerprint density at radius 3 is 2.16 bits per heavy atom. The molecule has 1 N–H and O–H groups in total. The molecule has 0 saturated heterocycles. The minimum absolute atomic E-state index is 0.0817. The fraction of sp³-hybridized carbons (Fsp3) is 0.0833. The highest BCUT2D eigenvalue weighted by molar-refractivity contribution is 6.39. The second-order valence-corrected chi connectivity index (χ2v) is 4.54. The van der Waals surface area contributed by atoms with Crippen LogP contribution in [0.3, 0.4) is 0 Å². The van der Waals surface area contributed by atoms with Crippen molar-refractivity contribution in [3.63, 3.8) is 0 Å². The van der Waals surface area contributed by atoms with Crippen LogP contribution >= 0.6 is 23.2 Å². The van der Waals surface area contributed by atoms with Gasteiger partial charge in [0.15, 0.2) is 0 Å². The maximum absolute atomic E-state index is 12.6. The number of pyridine rings is 1. The van der Waals surface area contributed by atoms with Crippen molar-refractivity contribution in [2.24, 2.45) is 0 Å². The summed E-state index contributed by atoms with van der Waals surface area (Å²) in [6, 6.07) is 4.45. The Labute approximate surface area is 115 Å². The molecule has 2 nitrogen and oxygen atoms in total. The van der Waals surface area contributed by atoms with E-state index in [1.54, 1.807) is 0 Å². The lowest BCUT2D eigenvalue weighted by molar-refractivity contribution is -0.137. The predicted molar refractivity (Wildman–Crippen MR) is 67.5 cm³/mol. The lowest BCUT2D eigenvalue weighted by atomic mass is 10.0. The predicted octanol–water partition coefficient (Wildman–Crippen LogP) is 4.37. The number of halogens is 5. The number of aromatic nitrogens is 1. The summed E-state index contributed by atoms with van der Waals surface area (Å²) in [5.41, 5.74) is -1.24.